The lowest BCUT2D eigenvalue weighted by atomic mass is 10.1. The fourth-order valence-electron chi connectivity index (χ4n) is 1.99. The lowest BCUT2D eigenvalue weighted by Gasteiger charge is -2.21. The van der Waals surface area contributed by atoms with E-state index in [0.717, 1.165) is 22.9 Å². The van der Waals surface area contributed by atoms with Crippen LogP contribution >= 0.6 is 11.6 Å². The normalized spacial score (nSPS) is 12.3. The van der Waals surface area contributed by atoms with E-state index in [1.54, 1.807) is 0 Å². The highest BCUT2D eigenvalue weighted by Crippen LogP contribution is 2.32. The van der Waals surface area contributed by atoms with Gasteiger partial charge < -0.3 is 10.2 Å². The SMILES string of the molecule is CCCC(C)CNc1cccc(Cl)c1N(C)C. The number of hydrogen-bond acceptors (Lipinski definition) is 2. The summed E-state index contributed by atoms with van der Waals surface area (Å²) in [5.41, 5.74) is 2.18. The molecule has 1 atom stereocenters. The second-order valence-corrected chi connectivity index (χ2v) is 5.21. The summed E-state index contributed by atoms with van der Waals surface area (Å²) in [5.74, 6) is 0.689. The molecule has 1 N–H and O–H groups in total. The third-order valence-electron chi connectivity index (χ3n) is 2.86. The number of rotatable bonds is 6. The van der Waals surface area contributed by atoms with Gasteiger partial charge in [0.05, 0.1) is 16.4 Å². The van der Waals surface area contributed by atoms with Gasteiger partial charge in [0.15, 0.2) is 0 Å². The highest BCUT2D eigenvalue weighted by atomic mass is 35.5. The van der Waals surface area contributed by atoms with Crippen LogP contribution in [0.15, 0.2) is 18.2 Å². The smallest absolute Gasteiger partial charge is 0.0786 e. The maximum atomic E-state index is 6.22. The van der Waals surface area contributed by atoms with Gasteiger partial charge in [0.2, 0.25) is 0 Å². The zero-order valence-electron chi connectivity index (χ0n) is 11.3. The summed E-state index contributed by atoms with van der Waals surface area (Å²) in [6.07, 6.45) is 2.49. The minimum absolute atomic E-state index is 0.689. The van der Waals surface area contributed by atoms with Crippen LogP contribution in [0.5, 0.6) is 0 Å². The van der Waals surface area contributed by atoms with E-state index < -0.39 is 0 Å². The highest BCUT2D eigenvalue weighted by molar-refractivity contribution is 6.34. The summed E-state index contributed by atoms with van der Waals surface area (Å²) in [6.45, 7) is 5.49. The van der Waals surface area contributed by atoms with Crippen molar-refractivity contribution in [2.75, 3.05) is 30.9 Å². The van der Waals surface area contributed by atoms with Crippen molar-refractivity contribution >= 4 is 23.0 Å². The van der Waals surface area contributed by atoms with Gasteiger partial charge in [-0.2, -0.15) is 0 Å². The Morgan fingerprint density at radius 3 is 2.65 bits per heavy atom. The molecule has 0 aliphatic heterocycles. The second-order valence-electron chi connectivity index (χ2n) is 4.81. The average molecular weight is 255 g/mol. The van der Waals surface area contributed by atoms with Crippen LogP contribution < -0.4 is 10.2 Å². The fourth-order valence-corrected chi connectivity index (χ4v) is 2.34. The minimum Gasteiger partial charge on any atom is -0.383 e. The van der Waals surface area contributed by atoms with E-state index >= 15 is 0 Å². The standard InChI is InChI=1S/C14H23ClN2/c1-5-7-11(2)10-16-13-9-6-8-12(15)14(13)17(3)4/h6,8-9,11,16H,5,7,10H2,1-4H3. The molecule has 0 bridgehead atoms. The van der Waals surface area contributed by atoms with Gasteiger partial charge in [-0.05, 0) is 24.5 Å². The minimum atomic E-state index is 0.689. The van der Waals surface area contributed by atoms with Crippen LogP contribution in [0.2, 0.25) is 5.02 Å². The van der Waals surface area contributed by atoms with Gasteiger partial charge >= 0.3 is 0 Å². The summed E-state index contributed by atoms with van der Waals surface area (Å²) in [7, 11) is 4.03. The Labute approximate surface area is 110 Å². The number of hydrogen-bond donors (Lipinski definition) is 1. The quantitative estimate of drug-likeness (QED) is 0.816. The van der Waals surface area contributed by atoms with Gasteiger partial charge in [-0.15, -0.1) is 0 Å². The molecule has 96 valence electrons. The molecule has 0 aliphatic carbocycles. The monoisotopic (exact) mass is 254 g/mol. The molecule has 0 saturated carbocycles. The molecular formula is C14H23ClN2. The Morgan fingerprint density at radius 1 is 1.35 bits per heavy atom. The number of anilines is 2. The molecule has 1 unspecified atom stereocenters. The Kier molecular flexibility index (Phi) is 5.63. The maximum absolute atomic E-state index is 6.22. The number of nitrogens with one attached hydrogen (secondary N) is 1. The molecule has 1 aromatic rings. The van der Waals surface area contributed by atoms with Crippen molar-refractivity contribution in [2.45, 2.75) is 26.7 Å². The molecule has 0 saturated heterocycles. The molecule has 0 amide bonds. The topological polar surface area (TPSA) is 15.3 Å². The van der Waals surface area contributed by atoms with Crippen LogP contribution in [-0.4, -0.2) is 20.6 Å². The summed E-state index contributed by atoms with van der Waals surface area (Å²) in [5, 5.41) is 4.29. The first kappa shape index (κ1) is 14.2. The molecule has 17 heavy (non-hydrogen) atoms. The van der Waals surface area contributed by atoms with Gasteiger partial charge in [0.25, 0.3) is 0 Å². The van der Waals surface area contributed by atoms with Crippen LogP contribution in [-0.2, 0) is 0 Å². The fraction of sp³-hybridized carbons (Fsp3) is 0.571. The van der Waals surface area contributed by atoms with Crippen LogP contribution in [0.1, 0.15) is 26.7 Å². The lowest BCUT2D eigenvalue weighted by Crippen LogP contribution is -2.16. The molecule has 0 heterocycles. The highest BCUT2D eigenvalue weighted by Gasteiger charge is 2.09. The zero-order chi connectivity index (χ0) is 12.8. The molecule has 1 aromatic carbocycles. The molecule has 0 aromatic heterocycles. The summed E-state index contributed by atoms with van der Waals surface area (Å²) < 4.78 is 0. The molecule has 1 rings (SSSR count). The molecular weight excluding hydrogens is 232 g/mol. The number of para-hydroxylation sites is 1. The van der Waals surface area contributed by atoms with E-state index in [4.69, 9.17) is 11.6 Å². The molecule has 0 aliphatic rings. The third kappa shape index (κ3) is 4.12. The first-order chi connectivity index (χ1) is 8.06. The Balaban J connectivity index is 2.73. The predicted molar refractivity (Wildman–Crippen MR) is 78.3 cm³/mol. The van der Waals surface area contributed by atoms with Crippen LogP contribution in [0.3, 0.4) is 0 Å². The number of benzene rings is 1. The zero-order valence-corrected chi connectivity index (χ0v) is 12.0. The van der Waals surface area contributed by atoms with E-state index in [1.165, 1.54) is 12.8 Å². The van der Waals surface area contributed by atoms with E-state index in [1.807, 2.05) is 26.2 Å². The lowest BCUT2D eigenvalue weighted by molar-refractivity contribution is 0.551. The summed E-state index contributed by atoms with van der Waals surface area (Å²) >= 11 is 6.22. The van der Waals surface area contributed by atoms with E-state index in [9.17, 15) is 0 Å². The van der Waals surface area contributed by atoms with Gasteiger partial charge in [0, 0.05) is 20.6 Å². The van der Waals surface area contributed by atoms with E-state index in [0.29, 0.717) is 5.92 Å². The van der Waals surface area contributed by atoms with E-state index in [-0.39, 0.29) is 0 Å². The largest absolute Gasteiger partial charge is 0.383 e. The summed E-state index contributed by atoms with van der Waals surface area (Å²) in [6, 6.07) is 6.00. The van der Waals surface area contributed by atoms with E-state index in [2.05, 4.69) is 30.1 Å². The third-order valence-corrected chi connectivity index (χ3v) is 3.16. The molecule has 0 fully saturated rings. The molecule has 2 nitrogen and oxygen atoms in total. The second kappa shape index (κ2) is 6.75. The van der Waals surface area contributed by atoms with Crippen molar-refractivity contribution in [3.63, 3.8) is 0 Å². The predicted octanol–water partition coefficient (Wildman–Crippen LogP) is 4.25. The van der Waals surface area contributed by atoms with Crippen molar-refractivity contribution in [1.82, 2.24) is 0 Å². The van der Waals surface area contributed by atoms with Gasteiger partial charge in [0.1, 0.15) is 0 Å². The average Bonchev–Trinajstić information content (AvgIpc) is 2.26. The molecule has 3 heteroatoms. The first-order valence-corrected chi connectivity index (χ1v) is 6.63. The van der Waals surface area contributed by atoms with Gasteiger partial charge in [-0.1, -0.05) is 37.9 Å². The molecule has 0 spiro atoms. The Bertz CT molecular complexity index is 350. The number of halogens is 1. The summed E-state index contributed by atoms with van der Waals surface area (Å²) in [4.78, 5) is 2.05. The Hall–Kier alpha value is -0.890. The van der Waals surface area contributed by atoms with Crippen molar-refractivity contribution in [2.24, 2.45) is 5.92 Å². The first-order valence-electron chi connectivity index (χ1n) is 6.26. The van der Waals surface area contributed by atoms with Gasteiger partial charge in [-0.3, -0.25) is 0 Å². The molecule has 0 radical (unpaired) electrons. The van der Waals surface area contributed by atoms with Gasteiger partial charge in [-0.25, -0.2) is 0 Å². The number of nitrogens with zero attached hydrogens (tertiary/aromatic N) is 1. The van der Waals surface area contributed by atoms with Crippen molar-refractivity contribution in [3.05, 3.63) is 23.2 Å². The van der Waals surface area contributed by atoms with Crippen LogP contribution in [0, 0.1) is 5.92 Å². The van der Waals surface area contributed by atoms with Crippen LogP contribution in [0.4, 0.5) is 11.4 Å². The maximum Gasteiger partial charge on any atom is 0.0786 e. The Morgan fingerprint density at radius 2 is 2.06 bits per heavy atom. The van der Waals surface area contributed by atoms with Crippen molar-refractivity contribution in [3.8, 4) is 0 Å². The van der Waals surface area contributed by atoms with Crippen LogP contribution in [0.25, 0.3) is 0 Å². The van der Waals surface area contributed by atoms with Crippen molar-refractivity contribution in [1.29, 1.82) is 0 Å². The van der Waals surface area contributed by atoms with Crippen molar-refractivity contribution < 1.29 is 0 Å².